The summed E-state index contributed by atoms with van der Waals surface area (Å²) < 4.78 is 16.5. The molecular formula is C26H20N2O4. The van der Waals surface area contributed by atoms with E-state index in [0.717, 1.165) is 27.4 Å². The fourth-order valence-corrected chi connectivity index (χ4v) is 3.70. The van der Waals surface area contributed by atoms with Crippen LogP contribution in [-0.4, -0.2) is 25.1 Å². The molecule has 0 saturated carbocycles. The number of ether oxygens (including phenoxy) is 2. The molecule has 5 aromatic rings. The summed E-state index contributed by atoms with van der Waals surface area (Å²) in [6.07, 6.45) is 0. The summed E-state index contributed by atoms with van der Waals surface area (Å²) in [6, 6.07) is 24.5. The first-order valence-electron chi connectivity index (χ1n) is 10.1. The van der Waals surface area contributed by atoms with Crippen molar-refractivity contribution in [3.05, 3.63) is 84.4 Å². The standard InChI is InChI=1S/C26H20N2O4/c1-30-21-12-11-17(15-23(21)31-2)25(29)27-19-8-5-7-18(14-19)26-28-24-20-9-4-3-6-16(20)10-13-22(24)32-26/h3-15H,1-2H3,(H,27,29). The molecule has 0 atom stereocenters. The second-order valence-corrected chi connectivity index (χ2v) is 7.26. The summed E-state index contributed by atoms with van der Waals surface area (Å²) in [6.45, 7) is 0. The maximum Gasteiger partial charge on any atom is 0.255 e. The fourth-order valence-electron chi connectivity index (χ4n) is 3.70. The number of anilines is 1. The molecule has 0 fully saturated rings. The highest BCUT2D eigenvalue weighted by Gasteiger charge is 2.14. The quantitative estimate of drug-likeness (QED) is 0.379. The van der Waals surface area contributed by atoms with Crippen molar-refractivity contribution in [3.8, 4) is 23.0 Å². The Balaban J connectivity index is 1.45. The minimum Gasteiger partial charge on any atom is -0.493 e. The Hall–Kier alpha value is -4.32. The lowest BCUT2D eigenvalue weighted by atomic mass is 10.1. The molecule has 0 aliphatic rings. The Morgan fingerprint density at radius 3 is 2.56 bits per heavy atom. The van der Waals surface area contributed by atoms with Gasteiger partial charge in [0, 0.05) is 22.2 Å². The van der Waals surface area contributed by atoms with Crippen LogP contribution in [-0.2, 0) is 0 Å². The zero-order valence-corrected chi connectivity index (χ0v) is 17.6. The van der Waals surface area contributed by atoms with Crippen molar-refractivity contribution >= 4 is 33.5 Å². The van der Waals surface area contributed by atoms with Crippen molar-refractivity contribution < 1.29 is 18.7 Å². The molecule has 0 aliphatic carbocycles. The van der Waals surface area contributed by atoms with Crippen LogP contribution in [0.4, 0.5) is 5.69 Å². The number of oxazole rings is 1. The van der Waals surface area contributed by atoms with E-state index in [1.54, 1.807) is 25.3 Å². The molecule has 32 heavy (non-hydrogen) atoms. The first kappa shape index (κ1) is 19.6. The Kier molecular flexibility index (Phi) is 4.95. The lowest BCUT2D eigenvalue weighted by molar-refractivity contribution is 0.102. The first-order chi connectivity index (χ1) is 15.7. The van der Waals surface area contributed by atoms with Crippen LogP contribution in [0.15, 0.2) is 83.3 Å². The maximum atomic E-state index is 12.8. The normalized spacial score (nSPS) is 10.9. The summed E-state index contributed by atoms with van der Waals surface area (Å²) in [4.78, 5) is 17.5. The zero-order chi connectivity index (χ0) is 22.1. The molecule has 1 heterocycles. The molecule has 0 unspecified atom stereocenters. The number of methoxy groups -OCH3 is 2. The molecule has 0 aliphatic heterocycles. The van der Waals surface area contributed by atoms with Gasteiger partial charge in [0.15, 0.2) is 17.1 Å². The van der Waals surface area contributed by atoms with Gasteiger partial charge in [0.05, 0.1) is 14.2 Å². The average molecular weight is 424 g/mol. The summed E-state index contributed by atoms with van der Waals surface area (Å²) >= 11 is 0. The van der Waals surface area contributed by atoms with Gasteiger partial charge in [-0.2, -0.15) is 0 Å². The van der Waals surface area contributed by atoms with Crippen LogP contribution in [0.1, 0.15) is 10.4 Å². The topological polar surface area (TPSA) is 73.6 Å². The van der Waals surface area contributed by atoms with Crippen LogP contribution < -0.4 is 14.8 Å². The first-order valence-corrected chi connectivity index (χ1v) is 10.1. The monoisotopic (exact) mass is 424 g/mol. The van der Waals surface area contributed by atoms with Crippen molar-refractivity contribution in [3.63, 3.8) is 0 Å². The number of aromatic nitrogens is 1. The number of nitrogens with one attached hydrogen (secondary N) is 1. The van der Waals surface area contributed by atoms with E-state index >= 15 is 0 Å². The maximum absolute atomic E-state index is 12.8. The minimum atomic E-state index is -0.258. The molecule has 0 saturated heterocycles. The SMILES string of the molecule is COc1ccc(C(=O)Nc2cccc(-c3nc4c(ccc5ccccc54)o3)c2)cc1OC. The smallest absolute Gasteiger partial charge is 0.255 e. The largest absolute Gasteiger partial charge is 0.493 e. The minimum absolute atomic E-state index is 0.258. The van der Waals surface area contributed by atoms with Gasteiger partial charge in [0.2, 0.25) is 5.89 Å². The Morgan fingerprint density at radius 1 is 0.875 bits per heavy atom. The number of benzene rings is 4. The number of fused-ring (bicyclic) bond motifs is 3. The Labute approximate surface area is 184 Å². The second-order valence-electron chi connectivity index (χ2n) is 7.26. The van der Waals surface area contributed by atoms with E-state index in [1.165, 1.54) is 7.11 Å². The number of carbonyl (C=O) groups excluding carboxylic acids is 1. The summed E-state index contributed by atoms with van der Waals surface area (Å²) in [5.74, 6) is 1.30. The molecule has 1 N–H and O–H groups in total. The van der Waals surface area contributed by atoms with E-state index < -0.39 is 0 Å². The number of amides is 1. The van der Waals surface area contributed by atoms with Gasteiger partial charge in [-0.25, -0.2) is 4.98 Å². The average Bonchev–Trinajstić information content (AvgIpc) is 3.29. The van der Waals surface area contributed by atoms with E-state index in [1.807, 2.05) is 60.7 Å². The third-order valence-corrected chi connectivity index (χ3v) is 5.30. The van der Waals surface area contributed by atoms with E-state index in [-0.39, 0.29) is 5.91 Å². The lowest BCUT2D eigenvalue weighted by Gasteiger charge is -2.10. The van der Waals surface area contributed by atoms with Gasteiger partial charge >= 0.3 is 0 Å². The second kappa shape index (κ2) is 8.07. The van der Waals surface area contributed by atoms with Gasteiger partial charge in [-0.1, -0.05) is 36.4 Å². The number of hydrogen-bond acceptors (Lipinski definition) is 5. The van der Waals surface area contributed by atoms with Crippen molar-refractivity contribution in [2.24, 2.45) is 0 Å². The Morgan fingerprint density at radius 2 is 1.72 bits per heavy atom. The zero-order valence-electron chi connectivity index (χ0n) is 17.6. The van der Waals surface area contributed by atoms with Gasteiger partial charge in [0.25, 0.3) is 5.91 Å². The molecule has 5 rings (SSSR count). The lowest BCUT2D eigenvalue weighted by Crippen LogP contribution is -2.12. The summed E-state index contributed by atoms with van der Waals surface area (Å²) in [5, 5.41) is 5.06. The van der Waals surface area contributed by atoms with E-state index in [9.17, 15) is 4.79 Å². The van der Waals surface area contributed by atoms with Crippen molar-refractivity contribution in [2.75, 3.05) is 19.5 Å². The van der Waals surface area contributed by atoms with Crippen molar-refractivity contribution in [1.82, 2.24) is 4.98 Å². The van der Waals surface area contributed by atoms with Crippen LogP contribution in [0.2, 0.25) is 0 Å². The van der Waals surface area contributed by atoms with Crippen LogP contribution in [0, 0.1) is 0 Å². The van der Waals surface area contributed by atoms with Crippen LogP contribution in [0.3, 0.4) is 0 Å². The molecule has 0 bridgehead atoms. The van der Waals surface area contributed by atoms with Gasteiger partial charge in [0.1, 0.15) is 5.52 Å². The number of nitrogens with zero attached hydrogens (tertiary/aromatic N) is 1. The van der Waals surface area contributed by atoms with Crippen LogP contribution >= 0.6 is 0 Å². The molecule has 0 radical (unpaired) electrons. The molecule has 6 heteroatoms. The summed E-state index contributed by atoms with van der Waals surface area (Å²) in [5.41, 5.74) is 3.41. The highest BCUT2D eigenvalue weighted by atomic mass is 16.5. The van der Waals surface area contributed by atoms with Gasteiger partial charge in [-0.05, 0) is 47.9 Å². The van der Waals surface area contributed by atoms with E-state index in [0.29, 0.717) is 28.6 Å². The van der Waals surface area contributed by atoms with Gasteiger partial charge in [-0.15, -0.1) is 0 Å². The number of hydrogen-bond donors (Lipinski definition) is 1. The third-order valence-electron chi connectivity index (χ3n) is 5.30. The van der Waals surface area contributed by atoms with Gasteiger partial charge in [-0.3, -0.25) is 4.79 Å². The molecule has 6 nitrogen and oxygen atoms in total. The van der Waals surface area contributed by atoms with Crippen molar-refractivity contribution in [1.29, 1.82) is 0 Å². The molecule has 1 amide bonds. The third kappa shape index (κ3) is 3.52. The molecular weight excluding hydrogens is 404 g/mol. The molecule has 0 spiro atoms. The number of carbonyl (C=O) groups is 1. The van der Waals surface area contributed by atoms with Crippen LogP contribution in [0.5, 0.6) is 11.5 Å². The molecule has 1 aromatic heterocycles. The molecule has 158 valence electrons. The molecule has 4 aromatic carbocycles. The predicted octanol–water partition coefficient (Wildman–Crippen LogP) is 5.92. The summed E-state index contributed by atoms with van der Waals surface area (Å²) in [7, 11) is 3.09. The number of rotatable bonds is 5. The highest BCUT2D eigenvalue weighted by molar-refractivity contribution is 6.05. The van der Waals surface area contributed by atoms with E-state index in [2.05, 4.69) is 5.32 Å². The van der Waals surface area contributed by atoms with E-state index in [4.69, 9.17) is 18.9 Å². The van der Waals surface area contributed by atoms with Gasteiger partial charge < -0.3 is 19.2 Å². The van der Waals surface area contributed by atoms with Crippen molar-refractivity contribution in [2.45, 2.75) is 0 Å². The Bertz CT molecular complexity index is 1460. The fraction of sp³-hybridized carbons (Fsp3) is 0.0769. The predicted molar refractivity (Wildman–Crippen MR) is 124 cm³/mol. The van der Waals surface area contributed by atoms with Crippen LogP contribution in [0.25, 0.3) is 33.3 Å². The highest BCUT2D eigenvalue weighted by Crippen LogP contribution is 2.31.